The van der Waals surface area contributed by atoms with Crippen LogP contribution >= 0.6 is 11.3 Å². The zero-order chi connectivity index (χ0) is 16.2. The molecule has 0 unspecified atom stereocenters. The molecule has 2 aromatic heterocycles. The smallest absolute Gasteiger partial charge is 0.231 e. The number of anilines is 1. The van der Waals surface area contributed by atoms with E-state index in [0.29, 0.717) is 5.82 Å². The van der Waals surface area contributed by atoms with Crippen LogP contribution in [0.4, 0.5) is 5.82 Å². The number of nitrogens with zero attached hydrogens (tertiary/aromatic N) is 2. The number of aromatic nitrogens is 2. The van der Waals surface area contributed by atoms with E-state index >= 15 is 0 Å². The van der Waals surface area contributed by atoms with Crippen LogP contribution < -0.4 is 5.32 Å². The highest BCUT2D eigenvalue weighted by molar-refractivity contribution is 7.13. The summed E-state index contributed by atoms with van der Waals surface area (Å²) >= 11 is 1.56. The predicted octanol–water partition coefficient (Wildman–Crippen LogP) is 4.00. The summed E-state index contributed by atoms with van der Waals surface area (Å²) in [6, 6.07) is 11.9. The van der Waals surface area contributed by atoms with Crippen molar-refractivity contribution >= 4 is 23.1 Å². The summed E-state index contributed by atoms with van der Waals surface area (Å²) in [5.74, 6) is 0.466. The summed E-state index contributed by atoms with van der Waals surface area (Å²) in [5.41, 5.74) is 4.12. The van der Waals surface area contributed by atoms with Gasteiger partial charge in [-0.3, -0.25) is 4.79 Å². The van der Waals surface area contributed by atoms with Gasteiger partial charge in [0, 0.05) is 17.1 Å². The predicted molar refractivity (Wildman–Crippen MR) is 93.6 cm³/mol. The fraction of sp³-hybridized carbons (Fsp3) is 0.167. The number of carbonyl (C=O) groups is 1. The number of benzene rings is 1. The molecule has 0 saturated heterocycles. The number of carbonyl (C=O) groups excluding carboxylic acids is 1. The highest BCUT2D eigenvalue weighted by Crippen LogP contribution is 2.24. The number of amides is 1. The maximum absolute atomic E-state index is 12.1. The molecule has 0 aliphatic heterocycles. The molecule has 0 aliphatic rings. The van der Waals surface area contributed by atoms with Gasteiger partial charge in [-0.1, -0.05) is 23.8 Å². The second-order valence-corrected chi connectivity index (χ2v) is 6.31. The highest BCUT2D eigenvalue weighted by Gasteiger charge is 2.10. The fourth-order valence-electron chi connectivity index (χ4n) is 2.25. The molecule has 0 saturated carbocycles. The highest BCUT2D eigenvalue weighted by atomic mass is 32.1. The van der Waals surface area contributed by atoms with Crippen LogP contribution in [0.5, 0.6) is 0 Å². The fourth-order valence-corrected chi connectivity index (χ4v) is 3.07. The van der Waals surface area contributed by atoms with Gasteiger partial charge in [0.05, 0.1) is 12.1 Å². The number of nitrogens with one attached hydrogen (secondary N) is 1. The molecule has 0 fully saturated rings. The van der Waals surface area contributed by atoms with Crippen molar-refractivity contribution in [2.24, 2.45) is 0 Å². The number of rotatable bonds is 4. The van der Waals surface area contributed by atoms with Gasteiger partial charge in [0.15, 0.2) is 0 Å². The van der Waals surface area contributed by atoms with Crippen molar-refractivity contribution < 1.29 is 4.79 Å². The van der Waals surface area contributed by atoms with Crippen LogP contribution in [0.3, 0.4) is 0 Å². The molecular weight excluding hydrogens is 306 g/mol. The van der Waals surface area contributed by atoms with Gasteiger partial charge in [0.1, 0.15) is 10.8 Å². The van der Waals surface area contributed by atoms with E-state index in [0.717, 1.165) is 21.8 Å². The van der Waals surface area contributed by atoms with Crippen molar-refractivity contribution in [2.75, 3.05) is 5.32 Å². The van der Waals surface area contributed by atoms with Crippen molar-refractivity contribution in [3.05, 3.63) is 64.8 Å². The Labute approximate surface area is 139 Å². The molecule has 0 radical (unpaired) electrons. The average Bonchev–Trinajstić information content (AvgIpc) is 2.95. The second-order valence-electron chi connectivity index (χ2n) is 5.46. The largest absolute Gasteiger partial charge is 0.310 e. The third-order valence-corrected chi connectivity index (χ3v) is 4.28. The Balaban J connectivity index is 1.68. The molecule has 0 atom stereocenters. The van der Waals surface area contributed by atoms with Crippen LogP contribution in [-0.2, 0) is 11.2 Å². The van der Waals surface area contributed by atoms with E-state index in [4.69, 9.17) is 0 Å². The lowest BCUT2D eigenvalue weighted by molar-refractivity contribution is -0.115. The van der Waals surface area contributed by atoms with E-state index < -0.39 is 0 Å². The molecule has 1 aromatic carbocycles. The van der Waals surface area contributed by atoms with E-state index in [9.17, 15) is 4.79 Å². The second kappa shape index (κ2) is 6.71. The molecule has 3 aromatic rings. The number of hydrogen-bond donors (Lipinski definition) is 1. The summed E-state index contributed by atoms with van der Waals surface area (Å²) in [4.78, 5) is 20.8. The minimum atomic E-state index is -0.107. The minimum absolute atomic E-state index is 0.107. The number of aryl methyl sites for hydroxylation is 2. The van der Waals surface area contributed by atoms with Crippen molar-refractivity contribution in [1.29, 1.82) is 0 Å². The molecule has 23 heavy (non-hydrogen) atoms. The number of pyridine rings is 1. The Kier molecular flexibility index (Phi) is 4.48. The van der Waals surface area contributed by atoms with E-state index in [-0.39, 0.29) is 12.3 Å². The molecule has 3 rings (SSSR count). The van der Waals surface area contributed by atoms with E-state index in [1.165, 1.54) is 5.56 Å². The van der Waals surface area contributed by atoms with Gasteiger partial charge in [-0.25, -0.2) is 9.97 Å². The van der Waals surface area contributed by atoms with Crippen LogP contribution in [0.2, 0.25) is 0 Å². The molecular formula is C18H17N3OS. The first-order valence-electron chi connectivity index (χ1n) is 7.34. The van der Waals surface area contributed by atoms with Crippen molar-refractivity contribution in [1.82, 2.24) is 9.97 Å². The first kappa shape index (κ1) is 15.4. The standard InChI is InChI=1S/C18H17N3OS/c1-12-4-3-5-14(8-12)18-20-15(11-23-18)10-17(22)21-16-9-13(2)6-7-19-16/h3-9,11H,10H2,1-2H3,(H,19,21,22). The lowest BCUT2D eigenvalue weighted by Gasteiger charge is -2.03. The monoisotopic (exact) mass is 323 g/mol. The minimum Gasteiger partial charge on any atom is -0.310 e. The summed E-state index contributed by atoms with van der Waals surface area (Å²) in [5, 5.41) is 5.67. The van der Waals surface area contributed by atoms with Gasteiger partial charge in [0.2, 0.25) is 5.91 Å². The van der Waals surface area contributed by atoms with Gasteiger partial charge >= 0.3 is 0 Å². The molecule has 0 spiro atoms. The molecule has 4 nitrogen and oxygen atoms in total. The first-order chi connectivity index (χ1) is 11.1. The maximum atomic E-state index is 12.1. The van der Waals surface area contributed by atoms with E-state index in [2.05, 4.69) is 34.3 Å². The molecule has 1 amide bonds. The number of hydrogen-bond acceptors (Lipinski definition) is 4. The third kappa shape index (κ3) is 4.02. The SMILES string of the molecule is Cc1cccc(-c2nc(CC(=O)Nc3cc(C)ccn3)cs2)c1. The van der Waals surface area contributed by atoms with Crippen molar-refractivity contribution in [3.8, 4) is 10.6 Å². The normalized spacial score (nSPS) is 10.5. The summed E-state index contributed by atoms with van der Waals surface area (Å²) in [6.07, 6.45) is 1.93. The average molecular weight is 323 g/mol. The summed E-state index contributed by atoms with van der Waals surface area (Å²) < 4.78 is 0. The van der Waals surface area contributed by atoms with Crippen molar-refractivity contribution in [2.45, 2.75) is 20.3 Å². The first-order valence-corrected chi connectivity index (χ1v) is 8.22. The molecule has 1 N–H and O–H groups in total. The summed E-state index contributed by atoms with van der Waals surface area (Å²) in [6.45, 7) is 4.02. The van der Waals surface area contributed by atoms with Crippen LogP contribution in [0.25, 0.3) is 10.6 Å². The Morgan fingerprint density at radius 1 is 1.17 bits per heavy atom. The zero-order valence-electron chi connectivity index (χ0n) is 13.0. The molecule has 2 heterocycles. The van der Waals surface area contributed by atoms with Crippen LogP contribution in [0.15, 0.2) is 48.0 Å². The van der Waals surface area contributed by atoms with E-state index in [1.54, 1.807) is 17.5 Å². The molecule has 5 heteroatoms. The Morgan fingerprint density at radius 3 is 2.78 bits per heavy atom. The van der Waals surface area contributed by atoms with Gasteiger partial charge in [-0.05, 0) is 37.6 Å². The van der Waals surface area contributed by atoms with Gasteiger partial charge < -0.3 is 5.32 Å². The number of thiazole rings is 1. The van der Waals surface area contributed by atoms with Gasteiger partial charge in [0.25, 0.3) is 0 Å². The zero-order valence-corrected chi connectivity index (χ0v) is 13.9. The quantitative estimate of drug-likeness (QED) is 0.789. The van der Waals surface area contributed by atoms with Crippen LogP contribution in [0.1, 0.15) is 16.8 Å². The lowest BCUT2D eigenvalue weighted by Crippen LogP contribution is -2.15. The van der Waals surface area contributed by atoms with Crippen molar-refractivity contribution in [3.63, 3.8) is 0 Å². The maximum Gasteiger partial charge on any atom is 0.231 e. The molecule has 116 valence electrons. The van der Waals surface area contributed by atoms with Gasteiger partial charge in [-0.15, -0.1) is 11.3 Å². The molecule has 0 bridgehead atoms. The topological polar surface area (TPSA) is 54.9 Å². The van der Waals surface area contributed by atoms with Crippen LogP contribution in [0, 0.1) is 13.8 Å². The Hall–Kier alpha value is -2.53. The van der Waals surface area contributed by atoms with Crippen LogP contribution in [-0.4, -0.2) is 15.9 Å². The summed E-state index contributed by atoms with van der Waals surface area (Å²) in [7, 11) is 0. The Morgan fingerprint density at radius 2 is 2.00 bits per heavy atom. The lowest BCUT2D eigenvalue weighted by atomic mass is 10.1. The molecule has 0 aliphatic carbocycles. The van der Waals surface area contributed by atoms with E-state index in [1.807, 2.05) is 36.6 Å². The van der Waals surface area contributed by atoms with Gasteiger partial charge in [-0.2, -0.15) is 0 Å². The Bertz CT molecular complexity index is 842. The third-order valence-electron chi connectivity index (χ3n) is 3.34.